The number of esters is 1. The largest absolute Gasteiger partial charge is 0.461 e. The van der Waals surface area contributed by atoms with E-state index in [2.05, 4.69) is 25.2 Å². The summed E-state index contributed by atoms with van der Waals surface area (Å²) in [5.74, 6) is -1.20. The van der Waals surface area contributed by atoms with Crippen LogP contribution in [-0.4, -0.2) is 43.1 Å². The Hall–Kier alpha value is -1.92. The zero-order valence-corrected chi connectivity index (χ0v) is 18.7. The summed E-state index contributed by atoms with van der Waals surface area (Å²) in [6.07, 6.45) is 0. The number of carbonyl (C=O) groups is 2. The molecule has 14 heteroatoms. The minimum atomic E-state index is -0.607. The quantitative estimate of drug-likeness (QED) is 0.508. The number of nitrogens with zero attached hydrogens (tertiary/aromatic N) is 5. The lowest BCUT2D eigenvalue weighted by atomic mass is 10.3. The van der Waals surface area contributed by atoms with Gasteiger partial charge in [0.2, 0.25) is 0 Å². The number of benzene rings is 1. The SMILES string of the molecule is CCOC(=O)c1nnsc1Sc1c(C(=O)Nc2c(Cl)cc(Cl)cc2Cl)nnn1C. The molecule has 0 saturated carbocycles. The minimum Gasteiger partial charge on any atom is -0.461 e. The van der Waals surface area contributed by atoms with Crippen LogP contribution in [0.15, 0.2) is 21.4 Å². The lowest BCUT2D eigenvalue weighted by Crippen LogP contribution is -2.14. The molecule has 0 fully saturated rings. The van der Waals surface area contributed by atoms with Crippen LogP contribution in [0.3, 0.4) is 0 Å². The van der Waals surface area contributed by atoms with Crippen molar-refractivity contribution in [3.8, 4) is 0 Å². The summed E-state index contributed by atoms with van der Waals surface area (Å²) in [7, 11) is 1.60. The first-order chi connectivity index (χ1) is 13.8. The Morgan fingerprint density at radius 2 is 1.90 bits per heavy atom. The fourth-order valence-electron chi connectivity index (χ4n) is 2.10. The number of ether oxygens (including phenoxy) is 1. The van der Waals surface area contributed by atoms with Crippen LogP contribution in [0.1, 0.15) is 27.9 Å². The van der Waals surface area contributed by atoms with Crippen molar-refractivity contribution >= 4 is 75.7 Å². The average molecular weight is 494 g/mol. The van der Waals surface area contributed by atoms with Crippen molar-refractivity contribution in [3.05, 3.63) is 38.6 Å². The molecule has 0 aliphatic carbocycles. The summed E-state index contributed by atoms with van der Waals surface area (Å²) < 4.78 is 10.6. The van der Waals surface area contributed by atoms with Gasteiger partial charge in [-0.1, -0.05) is 56.3 Å². The van der Waals surface area contributed by atoms with Gasteiger partial charge in [-0.3, -0.25) is 4.79 Å². The highest BCUT2D eigenvalue weighted by Gasteiger charge is 2.25. The van der Waals surface area contributed by atoms with Crippen molar-refractivity contribution in [1.29, 1.82) is 0 Å². The van der Waals surface area contributed by atoms with Gasteiger partial charge in [0.25, 0.3) is 5.91 Å². The molecule has 1 aromatic carbocycles. The Morgan fingerprint density at radius 3 is 2.55 bits per heavy atom. The molecule has 0 radical (unpaired) electrons. The van der Waals surface area contributed by atoms with E-state index in [0.717, 1.165) is 23.3 Å². The first kappa shape index (κ1) is 21.8. The maximum absolute atomic E-state index is 12.8. The summed E-state index contributed by atoms with van der Waals surface area (Å²) in [5, 5.41) is 15.2. The molecular formula is C15H11Cl3N6O3S2. The molecule has 0 aliphatic rings. The van der Waals surface area contributed by atoms with Gasteiger partial charge in [-0.15, -0.1) is 10.2 Å². The van der Waals surface area contributed by atoms with Crippen molar-refractivity contribution < 1.29 is 14.3 Å². The number of anilines is 1. The lowest BCUT2D eigenvalue weighted by molar-refractivity contribution is 0.0515. The molecule has 0 saturated heterocycles. The van der Waals surface area contributed by atoms with E-state index in [-0.39, 0.29) is 33.7 Å². The van der Waals surface area contributed by atoms with E-state index < -0.39 is 11.9 Å². The van der Waals surface area contributed by atoms with Crippen molar-refractivity contribution in [2.24, 2.45) is 7.05 Å². The molecule has 0 bridgehead atoms. The fourth-order valence-corrected chi connectivity index (χ4v) is 4.70. The minimum absolute atomic E-state index is 0.00259. The summed E-state index contributed by atoms with van der Waals surface area (Å²) in [6, 6.07) is 2.90. The zero-order chi connectivity index (χ0) is 21.1. The third-order valence-corrected chi connectivity index (χ3v) is 6.19. The first-order valence-electron chi connectivity index (χ1n) is 7.84. The number of hydrogen-bond acceptors (Lipinski definition) is 9. The standard InChI is InChI=1S/C15H11Cl3N6O3S2/c1-3-27-14(26)11-15(29-23-21-11)28-13-10(20-22-24(13)2)12(25)19-9-7(17)4-6(16)5-8(9)18/h4-5H,3H2,1-2H3,(H,19,25). The van der Waals surface area contributed by atoms with Gasteiger partial charge in [-0.25, -0.2) is 9.48 Å². The van der Waals surface area contributed by atoms with E-state index in [9.17, 15) is 9.59 Å². The van der Waals surface area contributed by atoms with E-state index in [1.807, 2.05) is 0 Å². The summed E-state index contributed by atoms with van der Waals surface area (Å²) in [6.45, 7) is 1.88. The predicted molar refractivity (Wildman–Crippen MR) is 110 cm³/mol. The van der Waals surface area contributed by atoms with Crippen LogP contribution in [0.5, 0.6) is 0 Å². The number of carbonyl (C=O) groups excluding carboxylic acids is 2. The number of nitrogens with one attached hydrogen (secondary N) is 1. The first-order valence-corrected chi connectivity index (χ1v) is 10.6. The lowest BCUT2D eigenvalue weighted by Gasteiger charge is -2.09. The second kappa shape index (κ2) is 9.26. The Balaban J connectivity index is 1.88. The summed E-state index contributed by atoms with van der Waals surface area (Å²) >= 11 is 20.2. The normalized spacial score (nSPS) is 10.8. The number of hydrogen-bond donors (Lipinski definition) is 1. The van der Waals surface area contributed by atoms with Crippen molar-refractivity contribution in [2.75, 3.05) is 11.9 Å². The van der Waals surface area contributed by atoms with Crippen LogP contribution >= 0.6 is 58.1 Å². The highest BCUT2D eigenvalue weighted by molar-refractivity contribution is 8.01. The van der Waals surface area contributed by atoms with Crippen LogP contribution in [0, 0.1) is 0 Å². The molecule has 29 heavy (non-hydrogen) atoms. The number of halogens is 3. The van der Waals surface area contributed by atoms with Gasteiger partial charge >= 0.3 is 5.97 Å². The second-order valence-electron chi connectivity index (χ2n) is 5.30. The van der Waals surface area contributed by atoms with Crippen LogP contribution in [0.2, 0.25) is 15.1 Å². The van der Waals surface area contributed by atoms with Crippen LogP contribution < -0.4 is 5.32 Å². The maximum Gasteiger partial charge on any atom is 0.361 e. The molecule has 152 valence electrons. The molecule has 0 spiro atoms. The number of aromatic nitrogens is 5. The number of amides is 1. The molecule has 2 heterocycles. The van der Waals surface area contributed by atoms with Crippen molar-refractivity contribution in [2.45, 2.75) is 16.2 Å². The monoisotopic (exact) mass is 492 g/mol. The van der Waals surface area contributed by atoms with E-state index in [0.29, 0.717) is 14.3 Å². The molecule has 0 atom stereocenters. The third-order valence-electron chi connectivity index (χ3n) is 3.35. The Kier molecular flexibility index (Phi) is 6.96. The average Bonchev–Trinajstić information content (AvgIpc) is 3.26. The Bertz CT molecular complexity index is 1060. The van der Waals surface area contributed by atoms with Gasteiger partial charge in [0.1, 0.15) is 9.24 Å². The van der Waals surface area contributed by atoms with Crippen LogP contribution in [-0.2, 0) is 11.8 Å². The topological polar surface area (TPSA) is 112 Å². The Morgan fingerprint density at radius 1 is 1.21 bits per heavy atom. The highest BCUT2D eigenvalue weighted by atomic mass is 35.5. The predicted octanol–water partition coefficient (Wildman–Crippen LogP) is 4.21. The maximum atomic E-state index is 12.8. The highest BCUT2D eigenvalue weighted by Crippen LogP contribution is 2.36. The van der Waals surface area contributed by atoms with Gasteiger partial charge in [0, 0.05) is 12.1 Å². The van der Waals surface area contributed by atoms with Crippen LogP contribution in [0.25, 0.3) is 0 Å². The summed E-state index contributed by atoms with van der Waals surface area (Å²) in [5.41, 5.74) is 0.247. The van der Waals surface area contributed by atoms with E-state index in [1.54, 1.807) is 14.0 Å². The molecule has 3 aromatic rings. The van der Waals surface area contributed by atoms with Crippen molar-refractivity contribution in [1.82, 2.24) is 24.6 Å². The smallest absolute Gasteiger partial charge is 0.361 e. The van der Waals surface area contributed by atoms with E-state index >= 15 is 0 Å². The number of aryl methyl sites for hydroxylation is 1. The second-order valence-corrected chi connectivity index (χ2v) is 8.56. The summed E-state index contributed by atoms with van der Waals surface area (Å²) in [4.78, 5) is 24.8. The van der Waals surface area contributed by atoms with Crippen molar-refractivity contribution in [3.63, 3.8) is 0 Å². The third kappa shape index (κ3) is 4.81. The van der Waals surface area contributed by atoms with Gasteiger partial charge in [-0.2, -0.15) is 0 Å². The molecule has 1 N–H and O–H groups in total. The molecule has 1 amide bonds. The Labute approximate surface area is 187 Å². The fraction of sp³-hybridized carbons (Fsp3) is 0.200. The van der Waals surface area contributed by atoms with Crippen LogP contribution in [0.4, 0.5) is 5.69 Å². The van der Waals surface area contributed by atoms with E-state index in [1.165, 1.54) is 16.8 Å². The van der Waals surface area contributed by atoms with Gasteiger partial charge in [0.05, 0.1) is 22.3 Å². The molecule has 2 aromatic heterocycles. The van der Waals surface area contributed by atoms with E-state index in [4.69, 9.17) is 39.5 Å². The molecule has 3 rings (SSSR count). The number of rotatable bonds is 6. The molecule has 0 unspecified atom stereocenters. The van der Waals surface area contributed by atoms with Gasteiger partial charge in [-0.05, 0) is 30.6 Å². The molecular weight excluding hydrogens is 483 g/mol. The van der Waals surface area contributed by atoms with Gasteiger partial charge in [0.15, 0.2) is 11.4 Å². The molecule has 9 nitrogen and oxygen atoms in total. The zero-order valence-electron chi connectivity index (χ0n) is 14.8. The van der Waals surface area contributed by atoms with Gasteiger partial charge < -0.3 is 10.1 Å². The molecule has 0 aliphatic heterocycles.